The normalized spacial score (nSPS) is 11.6. The van der Waals surface area contributed by atoms with Crippen LogP contribution in [0.3, 0.4) is 0 Å². The van der Waals surface area contributed by atoms with Crippen molar-refractivity contribution in [2.45, 2.75) is 20.0 Å². The number of nitrogens with zero attached hydrogens (tertiary/aromatic N) is 6. The van der Waals surface area contributed by atoms with Gasteiger partial charge in [-0.3, -0.25) is 0 Å². The number of aromatic nitrogens is 4. The van der Waals surface area contributed by atoms with E-state index in [9.17, 15) is 13.2 Å². The minimum absolute atomic E-state index is 0.0566. The van der Waals surface area contributed by atoms with E-state index in [2.05, 4.69) is 39.1 Å². The van der Waals surface area contributed by atoms with E-state index in [0.717, 1.165) is 42.7 Å². The highest BCUT2D eigenvalue weighted by molar-refractivity contribution is 5.79. The standard InChI is InChI=1S/C22H29F3N8O/c1-5-32(6-2)11-10-31(3)18-13-19(34-4)17(12-16(18)26)29-21-27-14-15(22(23,24)25)20(30-21)33-9-7-8-28-33/h7-9,12-14H,5-6,10-11,26H2,1-4H3,(H,27,29,30). The molecule has 0 aliphatic carbocycles. The molecular weight excluding hydrogens is 449 g/mol. The van der Waals surface area contributed by atoms with E-state index in [1.807, 2.05) is 11.9 Å². The lowest BCUT2D eigenvalue weighted by atomic mass is 10.2. The van der Waals surface area contributed by atoms with Gasteiger partial charge in [-0.15, -0.1) is 0 Å². The van der Waals surface area contributed by atoms with Crippen LogP contribution in [0.2, 0.25) is 0 Å². The molecule has 3 aromatic rings. The molecule has 0 saturated heterocycles. The monoisotopic (exact) mass is 478 g/mol. The van der Waals surface area contributed by atoms with E-state index < -0.39 is 17.6 Å². The molecule has 0 saturated carbocycles. The van der Waals surface area contributed by atoms with Crippen LogP contribution in [0, 0.1) is 0 Å². The molecule has 0 aliphatic heterocycles. The van der Waals surface area contributed by atoms with Crippen LogP contribution in [-0.2, 0) is 6.18 Å². The summed E-state index contributed by atoms with van der Waals surface area (Å²) in [5, 5.41) is 6.79. The zero-order valence-corrected chi connectivity index (χ0v) is 19.6. The van der Waals surface area contributed by atoms with Crippen molar-refractivity contribution in [1.29, 1.82) is 0 Å². The number of anilines is 4. The predicted molar refractivity (Wildman–Crippen MR) is 126 cm³/mol. The number of nitrogens with one attached hydrogen (secondary N) is 1. The summed E-state index contributed by atoms with van der Waals surface area (Å²) in [6.07, 6.45) is -1.17. The lowest BCUT2D eigenvalue weighted by molar-refractivity contribution is -0.138. The number of hydrogen-bond donors (Lipinski definition) is 2. The van der Waals surface area contributed by atoms with Crippen molar-refractivity contribution in [3.63, 3.8) is 0 Å². The van der Waals surface area contributed by atoms with Gasteiger partial charge in [0, 0.05) is 44.8 Å². The first-order valence-electron chi connectivity index (χ1n) is 10.8. The van der Waals surface area contributed by atoms with Crippen LogP contribution in [0.1, 0.15) is 19.4 Å². The Bertz CT molecular complexity index is 1080. The van der Waals surface area contributed by atoms with E-state index in [1.54, 1.807) is 12.1 Å². The van der Waals surface area contributed by atoms with Crippen LogP contribution in [0.15, 0.2) is 36.8 Å². The third-order valence-electron chi connectivity index (χ3n) is 5.45. The zero-order chi connectivity index (χ0) is 24.9. The van der Waals surface area contributed by atoms with Gasteiger partial charge in [-0.2, -0.15) is 23.3 Å². The molecule has 0 amide bonds. The van der Waals surface area contributed by atoms with Crippen LogP contribution in [-0.4, -0.2) is 65.0 Å². The maximum atomic E-state index is 13.5. The third-order valence-corrected chi connectivity index (χ3v) is 5.45. The summed E-state index contributed by atoms with van der Waals surface area (Å²) in [5.41, 5.74) is 6.98. The number of rotatable bonds is 10. The van der Waals surface area contributed by atoms with E-state index in [4.69, 9.17) is 10.5 Å². The van der Waals surface area contributed by atoms with Crippen molar-refractivity contribution in [2.75, 3.05) is 56.3 Å². The Labute approximate surface area is 196 Å². The van der Waals surface area contributed by atoms with Gasteiger partial charge in [0.1, 0.15) is 11.3 Å². The Kier molecular flexibility index (Phi) is 7.82. The second-order valence-corrected chi connectivity index (χ2v) is 7.56. The highest BCUT2D eigenvalue weighted by Crippen LogP contribution is 2.37. The minimum atomic E-state index is -4.64. The molecule has 0 atom stereocenters. The van der Waals surface area contributed by atoms with Crippen LogP contribution in [0.4, 0.5) is 36.2 Å². The quantitative estimate of drug-likeness (QED) is 0.425. The Morgan fingerprint density at radius 2 is 1.91 bits per heavy atom. The van der Waals surface area contributed by atoms with Gasteiger partial charge in [0.2, 0.25) is 5.95 Å². The largest absolute Gasteiger partial charge is 0.494 e. The van der Waals surface area contributed by atoms with Gasteiger partial charge in [-0.25, -0.2) is 9.67 Å². The van der Waals surface area contributed by atoms with Gasteiger partial charge in [0.15, 0.2) is 5.82 Å². The number of nitrogen functional groups attached to an aromatic ring is 1. The fourth-order valence-corrected chi connectivity index (χ4v) is 3.46. The number of alkyl halides is 3. The third kappa shape index (κ3) is 5.68. The number of hydrogen-bond acceptors (Lipinski definition) is 8. The summed E-state index contributed by atoms with van der Waals surface area (Å²) in [5.74, 6) is -0.00319. The summed E-state index contributed by atoms with van der Waals surface area (Å²) >= 11 is 0. The minimum Gasteiger partial charge on any atom is -0.494 e. The molecule has 9 nitrogen and oxygen atoms in total. The van der Waals surface area contributed by atoms with Gasteiger partial charge in [0.25, 0.3) is 0 Å². The number of methoxy groups -OCH3 is 1. The Morgan fingerprint density at radius 3 is 2.50 bits per heavy atom. The van der Waals surface area contributed by atoms with E-state index in [-0.39, 0.29) is 5.95 Å². The molecule has 0 fully saturated rings. The highest BCUT2D eigenvalue weighted by Gasteiger charge is 2.36. The maximum Gasteiger partial charge on any atom is 0.421 e. The predicted octanol–water partition coefficient (Wildman–Crippen LogP) is 3.79. The highest BCUT2D eigenvalue weighted by atomic mass is 19.4. The summed E-state index contributed by atoms with van der Waals surface area (Å²) in [4.78, 5) is 12.2. The lowest BCUT2D eigenvalue weighted by Crippen LogP contribution is -2.33. The van der Waals surface area contributed by atoms with Crippen molar-refractivity contribution < 1.29 is 17.9 Å². The van der Waals surface area contributed by atoms with Gasteiger partial charge in [-0.1, -0.05) is 13.8 Å². The molecule has 0 radical (unpaired) electrons. The van der Waals surface area contributed by atoms with Crippen molar-refractivity contribution >= 4 is 23.0 Å². The molecule has 0 aliphatic rings. The Morgan fingerprint density at radius 1 is 1.18 bits per heavy atom. The average Bonchev–Trinajstić information content (AvgIpc) is 3.34. The van der Waals surface area contributed by atoms with Crippen molar-refractivity contribution in [3.8, 4) is 11.6 Å². The number of nitrogens with two attached hydrogens (primary N) is 1. The van der Waals surface area contributed by atoms with Gasteiger partial charge >= 0.3 is 6.18 Å². The number of ether oxygens (including phenoxy) is 1. The van der Waals surface area contributed by atoms with Crippen LogP contribution in [0.5, 0.6) is 5.75 Å². The Hall–Kier alpha value is -3.54. The number of benzene rings is 1. The molecule has 34 heavy (non-hydrogen) atoms. The number of likely N-dealkylation sites (N-methyl/N-ethyl adjacent to an activating group) is 2. The summed E-state index contributed by atoms with van der Waals surface area (Å²) < 4.78 is 46.9. The van der Waals surface area contributed by atoms with Crippen LogP contribution >= 0.6 is 0 Å². The van der Waals surface area contributed by atoms with Crippen LogP contribution < -0.4 is 20.7 Å². The summed E-state index contributed by atoms with van der Waals surface area (Å²) in [7, 11) is 3.44. The molecule has 2 heterocycles. The molecule has 1 aromatic carbocycles. The van der Waals surface area contributed by atoms with Crippen molar-refractivity contribution in [2.24, 2.45) is 0 Å². The number of halogens is 3. The molecule has 3 N–H and O–H groups in total. The molecule has 0 bridgehead atoms. The van der Waals surface area contributed by atoms with Gasteiger partial charge in [-0.05, 0) is 25.2 Å². The Balaban J connectivity index is 1.90. The topological polar surface area (TPSA) is 97.4 Å². The molecule has 3 rings (SSSR count). The average molecular weight is 479 g/mol. The molecule has 0 spiro atoms. The first kappa shape index (κ1) is 25.1. The van der Waals surface area contributed by atoms with Gasteiger partial charge in [0.05, 0.1) is 24.2 Å². The second kappa shape index (κ2) is 10.6. The van der Waals surface area contributed by atoms with E-state index >= 15 is 0 Å². The van der Waals surface area contributed by atoms with Gasteiger partial charge < -0.3 is 25.6 Å². The zero-order valence-electron chi connectivity index (χ0n) is 19.6. The fourth-order valence-electron chi connectivity index (χ4n) is 3.46. The molecule has 184 valence electrons. The smallest absolute Gasteiger partial charge is 0.421 e. The first-order chi connectivity index (χ1) is 16.2. The van der Waals surface area contributed by atoms with E-state index in [1.165, 1.54) is 25.6 Å². The lowest BCUT2D eigenvalue weighted by Gasteiger charge is -2.26. The first-order valence-corrected chi connectivity index (χ1v) is 10.8. The molecular formula is C22H29F3N8O. The van der Waals surface area contributed by atoms with Crippen molar-refractivity contribution in [3.05, 3.63) is 42.4 Å². The second-order valence-electron chi connectivity index (χ2n) is 7.56. The van der Waals surface area contributed by atoms with E-state index in [0.29, 0.717) is 17.1 Å². The maximum absolute atomic E-state index is 13.5. The summed E-state index contributed by atoms with van der Waals surface area (Å²) in [6, 6.07) is 4.93. The van der Waals surface area contributed by atoms with Crippen molar-refractivity contribution in [1.82, 2.24) is 24.6 Å². The van der Waals surface area contributed by atoms with Crippen LogP contribution in [0.25, 0.3) is 5.82 Å². The SMILES string of the molecule is CCN(CC)CCN(C)c1cc(OC)c(Nc2ncc(C(F)(F)F)c(-n3cccn3)n2)cc1N. The molecule has 12 heteroatoms. The molecule has 0 unspecified atom stereocenters. The summed E-state index contributed by atoms with van der Waals surface area (Å²) in [6.45, 7) is 7.78. The fraction of sp³-hybridized carbons (Fsp3) is 0.409. The molecule has 2 aromatic heterocycles.